The second-order valence-electron chi connectivity index (χ2n) is 8.00. The number of carbonyl (C=O) groups excluding carboxylic acids is 1. The van der Waals surface area contributed by atoms with Gasteiger partial charge in [-0.05, 0) is 49.3 Å². The van der Waals surface area contributed by atoms with E-state index in [9.17, 15) is 13.2 Å². The lowest BCUT2D eigenvalue weighted by atomic mass is 9.94. The van der Waals surface area contributed by atoms with Crippen LogP contribution in [-0.2, 0) is 23.0 Å². The summed E-state index contributed by atoms with van der Waals surface area (Å²) in [4.78, 5) is 14.9. The van der Waals surface area contributed by atoms with Crippen LogP contribution >= 0.6 is 11.3 Å². The van der Waals surface area contributed by atoms with E-state index in [4.69, 9.17) is 0 Å². The SMILES string of the molecule is C[C@@H]1CC[C@H](C)N(C(=O)c2csc(S(=O)(=O)N3CCc4ccccc4C3)c2)C1. The summed E-state index contributed by atoms with van der Waals surface area (Å²) in [5, 5.41) is 1.69. The molecule has 7 heteroatoms. The molecular weight excluding hydrogens is 392 g/mol. The van der Waals surface area contributed by atoms with Crippen molar-refractivity contribution in [3.63, 3.8) is 0 Å². The van der Waals surface area contributed by atoms with Crippen molar-refractivity contribution in [2.75, 3.05) is 13.1 Å². The predicted molar refractivity (Wildman–Crippen MR) is 111 cm³/mol. The monoisotopic (exact) mass is 418 g/mol. The number of carbonyl (C=O) groups is 1. The van der Waals surface area contributed by atoms with Crippen molar-refractivity contribution >= 4 is 27.3 Å². The lowest BCUT2D eigenvalue weighted by Crippen LogP contribution is -2.44. The van der Waals surface area contributed by atoms with Gasteiger partial charge in [-0.3, -0.25) is 4.79 Å². The third-order valence-electron chi connectivity index (χ3n) is 5.89. The molecule has 0 saturated carbocycles. The molecule has 4 rings (SSSR count). The minimum absolute atomic E-state index is 0.0549. The number of hydrogen-bond donors (Lipinski definition) is 0. The maximum absolute atomic E-state index is 13.1. The van der Waals surface area contributed by atoms with E-state index in [1.807, 2.05) is 23.1 Å². The molecule has 1 aromatic heterocycles. The molecular formula is C21H26N2O3S2. The van der Waals surface area contributed by atoms with Crippen molar-refractivity contribution in [3.05, 3.63) is 52.4 Å². The van der Waals surface area contributed by atoms with E-state index >= 15 is 0 Å². The van der Waals surface area contributed by atoms with Crippen LogP contribution in [0.25, 0.3) is 0 Å². The second-order valence-corrected chi connectivity index (χ2v) is 11.1. The number of fused-ring (bicyclic) bond motifs is 1. The highest BCUT2D eigenvalue weighted by atomic mass is 32.2. The van der Waals surface area contributed by atoms with Gasteiger partial charge in [0.2, 0.25) is 0 Å². The number of amides is 1. The second kappa shape index (κ2) is 7.61. The van der Waals surface area contributed by atoms with Gasteiger partial charge in [0.1, 0.15) is 4.21 Å². The van der Waals surface area contributed by atoms with Crippen LogP contribution in [0.5, 0.6) is 0 Å². The first-order valence-corrected chi connectivity index (χ1v) is 12.1. The Morgan fingerprint density at radius 3 is 2.68 bits per heavy atom. The molecule has 2 aliphatic heterocycles. The standard InChI is InChI=1S/C21H26N2O3S2/c1-15-7-8-16(2)23(12-15)21(24)19-11-20(27-14-19)28(25,26)22-10-9-17-5-3-4-6-18(17)13-22/h3-6,11,14-16H,7-10,12-13H2,1-2H3/t15-,16+/m1/s1. The summed E-state index contributed by atoms with van der Waals surface area (Å²) in [7, 11) is -3.59. The number of nitrogens with zero attached hydrogens (tertiary/aromatic N) is 2. The van der Waals surface area contributed by atoms with Crippen molar-refractivity contribution in [2.24, 2.45) is 5.92 Å². The van der Waals surface area contributed by atoms with Crippen LogP contribution in [-0.4, -0.2) is 42.7 Å². The van der Waals surface area contributed by atoms with Gasteiger partial charge in [0.25, 0.3) is 15.9 Å². The van der Waals surface area contributed by atoms with Crippen LogP contribution in [0.1, 0.15) is 48.2 Å². The van der Waals surface area contributed by atoms with E-state index in [0.717, 1.165) is 42.7 Å². The normalized spacial score (nSPS) is 23.4. The number of piperidine rings is 1. The first-order valence-electron chi connectivity index (χ1n) is 9.82. The minimum Gasteiger partial charge on any atom is -0.336 e. The van der Waals surface area contributed by atoms with Gasteiger partial charge in [-0.1, -0.05) is 31.2 Å². The maximum Gasteiger partial charge on any atom is 0.254 e. The number of benzene rings is 1. The lowest BCUT2D eigenvalue weighted by molar-refractivity contribution is 0.0574. The summed E-state index contributed by atoms with van der Waals surface area (Å²) in [6.45, 7) is 5.82. The summed E-state index contributed by atoms with van der Waals surface area (Å²) in [6.07, 6.45) is 2.84. The first-order chi connectivity index (χ1) is 13.4. The van der Waals surface area contributed by atoms with Crippen LogP contribution in [0.15, 0.2) is 39.9 Å². The Balaban J connectivity index is 1.54. The molecule has 1 amide bonds. The molecule has 1 aromatic carbocycles. The molecule has 28 heavy (non-hydrogen) atoms. The Morgan fingerprint density at radius 1 is 1.14 bits per heavy atom. The fourth-order valence-corrected chi connectivity index (χ4v) is 6.83. The van der Waals surface area contributed by atoms with Gasteiger partial charge in [0, 0.05) is 31.1 Å². The smallest absolute Gasteiger partial charge is 0.254 e. The number of sulfonamides is 1. The summed E-state index contributed by atoms with van der Waals surface area (Å²) in [5.41, 5.74) is 2.76. The summed E-state index contributed by atoms with van der Waals surface area (Å²) >= 11 is 1.15. The van der Waals surface area contributed by atoms with Gasteiger partial charge in [-0.25, -0.2) is 8.42 Å². The van der Waals surface area contributed by atoms with Crippen LogP contribution in [0.2, 0.25) is 0 Å². The molecule has 0 aliphatic carbocycles. The highest BCUT2D eigenvalue weighted by Gasteiger charge is 2.32. The van der Waals surface area contributed by atoms with Crippen molar-refractivity contribution in [3.8, 4) is 0 Å². The van der Waals surface area contributed by atoms with Crippen molar-refractivity contribution in [1.29, 1.82) is 0 Å². The van der Waals surface area contributed by atoms with Crippen LogP contribution in [0.4, 0.5) is 0 Å². The Bertz CT molecular complexity index is 983. The van der Waals surface area contributed by atoms with Gasteiger partial charge in [0.05, 0.1) is 5.56 Å². The van der Waals surface area contributed by atoms with Crippen molar-refractivity contribution < 1.29 is 13.2 Å². The van der Waals surface area contributed by atoms with E-state index < -0.39 is 10.0 Å². The Morgan fingerprint density at radius 2 is 1.89 bits per heavy atom. The van der Waals surface area contributed by atoms with E-state index in [2.05, 4.69) is 19.9 Å². The van der Waals surface area contributed by atoms with Crippen molar-refractivity contribution in [1.82, 2.24) is 9.21 Å². The first kappa shape index (κ1) is 19.6. The molecule has 5 nitrogen and oxygen atoms in total. The van der Waals surface area contributed by atoms with E-state index in [1.54, 1.807) is 11.4 Å². The molecule has 1 saturated heterocycles. The fourth-order valence-electron chi connectivity index (χ4n) is 4.10. The van der Waals surface area contributed by atoms with Crippen LogP contribution in [0.3, 0.4) is 0 Å². The van der Waals surface area contributed by atoms with Crippen LogP contribution in [0, 0.1) is 5.92 Å². The van der Waals surface area contributed by atoms with E-state index in [0.29, 0.717) is 24.6 Å². The topological polar surface area (TPSA) is 57.7 Å². The highest BCUT2D eigenvalue weighted by molar-refractivity contribution is 7.91. The largest absolute Gasteiger partial charge is 0.336 e. The Kier molecular flexibility index (Phi) is 5.33. The summed E-state index contributed by atoms with van der Waals surface area (Å²) in [6, 6.07) is 9.73. The summed E-state index contributed by atoms with van der Waals surface area (Å²) in [5.74, 6) is 0.427. The van der Waals surface area contributed by atoms with Gasteiger partial charge < -0.3 is 4.90 Å². The lowest BCUT2D eigenvalue weighted by Gasteiger charge is -2.36. The van der Waals surface area contributed by atoms with Gasteiger partial charge in [-0.15, -0.1) is 11.3 Å². The quantitative estimate of drug-likeness (QED) is 0.763. The number of likely N-dealkylation sites (tertiary alicyclic amines) is 1. The molecule has 0 bridgehead atoms. The third kappa shape index (κ3) is 3.63. The zero-order valence-electron chi connectivity index (χ0n) is 16.3. The molecule has 150 valence electrons. The highest BCUT2D eigenvalue weighted by Crippen LogP contribution is 2.30. The van der Waals surface area contributed by atoms with Crippen LogP contribution < -0.4 is 0 Å². The maximum atomic E-state index is 13.1. The molecule has 0 N–H and O–H groups in total. The predicted octanol–water partition coefficient (Wildman–Crippen LogP) is 3.76. The minimum atomic E-state index is -3.59. The molecule has 2 atom stereocenters. The molecule has 0 spiro atoms. The molecule has 2 aromatic rings. The fraction of sp³-hybridized carbons (Fsp3) is 0.476. The Hall–Kier alpha value is -1.70. The summed E-state index contributed by atoms with van der Waals surface area (Å²) < 4.78 is 28.1. The molecule has 0 unspecified atom stereocenters. The molecule has 2 aliphatic rings. The van der Waals surface area contributed by atoms with E-state index in [1.165, 1.54) is 9.87 Å². The molecule has 3 heterocycles. The van der Waals surface area contributed by atoms with E-state index in [-0.39, 0.29) is 16.2 Å². The van der Waals surface area contributed by atoms with Gasteiger partial charge in [0.15, 0.2) is 0 Å². The average molecular weight is 419 g/mol. The van der Waals surface area contributed by atoms with Crippen molar-refractivity contribution in [2.45, 2.75) is 49.9 Å². The average Bonchev–Trinajstić information content (AvgIpc) is 3.20. The number of thiophene rings is 1. The van der Waals surface area contributed by atoms with Gasteiger partial charge >= 0.3 is 0 Å². The molecule has 1 fully saturated rings. The Labute approximate surface area is 171 Å². The van der Waals surface area contributed by atoms with Gasteiger partial charge in [-0.2, -0.15) is 4.31 Å². The number of rotatable bonds is 3. The third-order valence-corrected chi connectivity index (χ3v) is 9.15. The zero-order chi connectivity index (χ0) is 19.9. The molecule has 0 radical (unpaired) electrons. The number of hydrogen-bond acceptors (Lipinski definition) is 4. The zero-order valence-corrected chi connectivity index (χ0v) is 17.9.